The second-order valence-electron chi connectivity index (χ2n) is 6.36. The van der Waals surface area contributed by atoms with Crippen molar-refractivity contribution >= 4 is 16.8 Å². The van der Waals surface area contributed by atoms with Gasteiger partial charge in [0.25, 0.3) is 5.91 Å². The molecule has 2 rings (SSSR count). The molecule has 112 valence electrons. The summed E-state index contributed by atoms with van der Waals surface area (Å²) in [5, 5.41) is 0.984. The van der Waals surface area contributed by atoms with E-state index >= 15 is 0 Å². The molecule has 4 heteroatoms. The quantitative estimate of drug-likeness (QED) is 0.939. The maximum absolute atomic E-state index is 12.7. The van der Waals surface area contributed by atoms with E-state index in [-0.39, 0.29) is 11.3 Å². The number of benzene rings is 1. The molecular weight excluding hydrogens is 262 g/mol. The summed E-state index contributed by atoms with van der Waals surface area (Å²) >= 11 is 0. The van der Waals surface area contributed by atoms with Gasteiger partial charge in [0.2, 0.25) is 0 Å². The van der Waals surface area contributed by atoms with E-state index in [0.717, 1.165) is 16.6 Å². The lowest BCUT2D eigenvalue weighted by Crippen LogP contribution is -2.39. The summed E-state index contributed by atoms with van der Waals surface area (Å²) in [6.45, 7) is 7.20. The SMILES string of the molecule is Cc1ccc2cccc(C(=O)N(C)CC(C)(C)CN)c2n1. The Morgan fingerprint density at radius 3 is 2.67 bits per heavy atom. The monoisotopic (exact) mass is 285 g/mol. The van der Waals surface area contributed by atoms with Crippen LogP contribution < -0.4 is 5.73 Å². The second kappa shape index (κ2) is 5.82. The van der Waals surface area contributed by atoms with Crippen molar-refractivity contribution in [2.75, 3.05) is 20.1 Å². The van der Waals surface area contributed by atoms with Crippen LogP contribution >= 0.6 is 0 Å². The third kappa shape index (κ3) is 3.39. The van der Waals surface area contributed by atoms with Gasteiger partial charge in [0.1, 0.15) is 0 Å². The molecule has 0 radical (unpaired) electrons. The van der Waals surface area contributed by atoms with Crippen molar-refractivity contribution in [2.24, 2.45) is 11.1 Å². The number of carbonyl (C=O) groups excluding carboxylic acids is 1. The minimum atomic E-state index is -0.0989. The molecule has 1 aromatic carbocycles. The number of rotatable bonds is 4. The van der Waals surface area contributed by atoms with E-state index < -0.39 is 0 Å². The van der Waals surface area contributed by atoms with Crippen LogP contribution in [0, 0.1) is 12.3 Å². The average molecular weight is 285 g/mol. The largest absolute Gasteiger partial charge is 0.341 e. The second-order valence-corrected chi connectivity index (χ2v) is 6.36. The number of para-hydroxylation sites is 1. The fourth-order valence-electron chi connectivity index (χ4n) is 2.40. The van der Waals surface area contributed by atoms with Gasteiger partial charge in [-0.1, -0.05) is 32.0 Å². The zero-order valence-corrected chi connectivity index (χ0v) is 13.2. The minimum Gasteiger partial charge on any atom is -0.341 e. The van der Waals surface area contributed by atoms with Crippen molar-refractivity contribution in [3.63, 3.8) is 0 Å². The predicted molar refractivity (Wildman–Crippen MR) is 86.3 cm³/mol. The molecule has 4 nitrogen and oxygen atoms in total. The first-order chi connectivity index (χ1) is 9.84. The molecule has 0 aliphatic heterocycles. The number of nitrogens with two attached hydrogens (primary N) is 1. The maximum Gasteiger partial charge on any atom is 0.255 e. The highest BCUT2D eigenvalue weighted by atomic mass is 16.2. The number of aryl methyl sites for hydroxylation is 1. The van der Waals surface area contributed by atoms with Crippen LogP contribution in [-0.2, 0) is 0 Å². The number of hydrogen-bond acceptors (Lipinski definition) is 3. The van der Waals surface area contributed by atoms with E-state index in [0.29, 0.717) is 18.7 Å². The highest BCUT2D eigenvalue weighted by Gasteiger charge is 2.23. The Balaban J connectivity index is 2.37. The Labute approximate surface area is 126 Å². The molecular formula is C17H23N3O. The number of carbonyl (C=O) groups is 1. The number of amides is 1. The molecule has 0 unspecified atom stereocenters. The van der Waals surface area contributed by atoms with Gasteiger partial charge < -0.3 is 10.6 Å². The van der Waals surface area contributed by atoms with E-state index in [1.807, 2.05) is 44.3 Å². The fourth-order valence-corrected chi connectivity index (χ4v) is 2.40. The molecule has 1 heterocycles. The van der Waals surface area contributed by atoms with Gasteiger partial charge in [-0.3, -0.25) is 9.78 Å². The Morgan fingerprint density at radius 1 is 1.29 bits per heavy atom. The Kier molecular flexibility index (Phi) is 4.28. The first kappa shape index (κ1) is 15.4. The molecule has 0 spiro atoms. The number of nitrogens with zero attached hydrogens (tertiary/aromatic N) is 2. The van der Waals surface area contributed by atoms with E-state index in [9.17, 15) is 4.79 Å². The first-order valence-corrected chi connectivity index (χ1v) is 7.16. The summed E-state index contributed by atoms with van der Waals surface area (Å²) in [6, 6.07) is 9.66. The average Bonchev–Trinajstić information content (AvgIpc) is 2.45. The van der Waals surface area contributed by atoms with E-state index in [1.165, 1.54) is 0 Å². The van der Waals surface area contributed by atoms with E-state index in [1.54, 1.807) is 4.90 Å². The molecule has 2 aromatic rings. The van der Waals surface area contributed by atoms with Crippen molar-refractivity contribution < 1.29 is 4.79 Å². The van der Waals surface area contributed by atoms with Crippen molar-refractivity contribution in [1.29, 1.82) is 0 Å². The standard InChI is InChI=1S/C17H23N3O/c1-12-8-9-13-6-5-7-14(15(13)19-12)16(21)20(4)11-17(2,3)10-18/h5-9H,10-11,18H2,1-4H3. The van der Waals surface area contributed by atoms with Gasteiger partial charge in [0.15, 0.2) is 0 Å². The lowest BCUT2D eigenvalue weighted by Gasteiger charge is -2.29. The summed E-state index contributed by atoms with van der Waals surface area (Å²) < 4.78 is 0. The summed E-state index contributed by atoms with van der Waals surface area (Å²) in [7, 11) is 1.81. The first-order valence-electron chi connectivity index (χ1n) is 7.16. The van der Waals surface area contributed by atoms with Crippen LogP contribution in [-0.4, -0.2) is 35.9 Å². The molecule has 2 N–H and O–H groups in total. The minimum absolute atomic E-state index is 0.0137. The van der Waals surface area contributed by atoms with Gasteiger partial charge in [-0.15, -0.1) is 0 Å². The molecule has 1 aromatic heterocycles. The third-order valence-corrected chi connectivity index (χ3v) is 3.65. The van der Waals surface area contributed by atoms with Crippen molar-refractivity contribution in [1.82, 2.24) is 9.88 Å². The highest BCUT2D eigenvalue weighted by Crippen LogP contribution is 2.21. The number of fused-ring (bicyclic) bond motifs is 1. The molecule has 0 saturated heterocycles. The number of pyridine rings is 1. The van der Waals surface area contributed by atoms with Gasteiger partial charge in [0.05, 0.1) is 11.1 Å². The highest BCUT2D eigenvalue weighted by molar-refractivity contribution is 6.05. The van der Waals surface area contributed by atoms with E-state index in [2.05, 4.69) is 18.8 Å². The summed E-state index contributed by atoms with van der Waals surface area (Å²) in [5.74, 6) is -0.0137. The van der Waals surface area contributed by atoms with E-state index in [4.69, 9.17) is 5.73 Å². The maximum atomic E-state index is 12.7. The van der Waals surface area contributed by atoms with Gasteiger partial charge in [-0.2, -0.15) is 0 Å². The van der Waals surface area contributed by atoms with Crippen molar-refractivity contribution in [3.8, 4) is 0 Å². The molecule has 1 amide bonds. The van der Waals surface area contributed by atoms with Crippen molar-refractivity contribution in [2.45, 2.75) is 20.8 Å². The topological polar surface area (TPSA) is 59.2 Å². The Bertz CT molecular complexity index is 664. The Hall–Kier alpha value is -1.94. The van der Waals surface area contributed by atoms with Crippen molar-refractivity contribution in [3.05, 3.63) is 41.6 Å². The van der Waals surface area contributed by atoms with Crippen LogP contribution in [0.25, 0.3) is 10.9 Å². The lowest BCUT2D eigenvalue weighted by molar-refractivity contribution is 0.0742. The van der Waals surface area contributed by atoms with Crippen LogP contribution in [0.1, 0.15) is 29.9 Å². The summed E-state index contributed by atoms with van der Waals surface area (Å²) in [4.78, 5) is 19.0. The zero-order valence-electron chi connectivity index (χ0n) is 13.2. The normalized spacial score (nSPS) is 11.7. The molecule has 21 heavy (non-hydrogen) atoms. The van der Waals surface area contributed by atoms with Gasteiger partial charge in [0, 0.05) is 24.7 Å². The lowest BCUT2D eigenvalue weighted by atomic mass is 9.93. The van der Waals surface area contributed by atoms with Gasteiger partial charge in [-0.25, -0.2) is 0 Å². The van der Waals surface area contributed by atoms with Crippen LogP contribution in [0.2, 0.25) is 0 Å². The van der Waals surface area contributed by atoms with Crippen LogP contribution in [0.5, 0.6) is 0 Å². The summed E-state index contributed by atoms with van der Waals surface area (Å²) in [6.07, 6.45) is 0. The predicted octanol–water partition coefficient (Wildman–Crippen LogP) is 2.60. The number of hydrogen-bond donors (Lipinski definition) is 1. The third-order valence-electron chi connectivity index (χ3n) is 3.65. The smallest absolute Gasteiger partial charge is 0.255 e. The molecule has 0 bridgehead atoms. The van der Waals surface area contributed by atoms with Gasteiger partial charge >= 0.3 is 0 Å². The summed E-state index contributed by atoms with van der Waals surface area (Å²) in [5.41, 5.74) is 7.97. The molecule has 0 aliphatic rings. The molecule has 0 saturated carbocycles. The van der Waals surface area contributed by atoms with Crippen LogP contribution in [0.4, 0.5) is 0 Å². The van der Waals surface area contributed by atoms with Crippen LogP contribution in [0.15, 0.2) is 30.3 Å². The molecule has 0 aliphatic carbocycles. The van der Waals surface area contributed by atoms with Gasteiger partial charge in [-0.05, 0) is 31.0 Å². The molecule has 0 fully saturated rings. The Morgan fingerprint density at radius 2 is 2.00 bits per heavy atom. The van der Waals surface area contributed by atoms with Crippen LogP contribution in [0.3, 0.4) is 0 Å². The number of aromatic nitrogens is 1. The zero-order chi connectivity index (χ0) is 15.6. The fraction of sp³-hybridized carbons (Fsp3) is 0.412. The molecule has 0 atom stereocenters.